The van der Waals surface area contributed by atoms with Crippen molar-refractivity contribution in [2.45, 2.75) is 51.7 Å². The number of tetrazole rings is 1. The minimum Gasteiger partial charge on any atom is -0.497 e. The fourth-order valence-corrected chi connectivity index (χ4v) is 3.30. The van der Waals surface area contributed by atoms with Gasteiger partial charge in [0.2, 0.25) is 11.7 Å². The van der Waals surface area contributed by atoms with Gasteiger partial charge in [0, 0.05) is 17.6 Å². The molecule has 0 spiro atoms. The molecule has 0 radical (unpaired) electrons. The summed E-state index contributed by atoms with van der Waals surface area (Å²) in [4.78, 5) is 15.9. The average Bonchev–Trinajstić information content (AvgIpc) is 3.03. The number of likely N-dealkylation sites (tertiary alicyclic amines) is 1. The molecule has 1 aromatic carbocycles. The lowest BCUT2D eigenvalue weighted by atomic mass is 9.97. The summed E-state index contributed by atoms with van der Waals surface area (Å²) in [5.41, 5.74) is 0.813. The first kappa shape index (κ1) is 16.4. The third-order valence-corrected chi connectivity index (χ3v) is 4.54. The second-order valence-electron chi connectivity index (χ2n) is 6.31. The van der Waals surface area contributed by atoms with Crippen LogP contribution in [0.2, 0.25) is 0 Å². The summed E-state index contributed by atoms with van der Waals surface area (Å²) >= 11 is 0. The normalized spacial score (nSPS) is 20.9. The fourth-order valence-electron chi connectivity index (χ4n) is 3.30. The van der Waals surface area contributed by atoms with Crippen LogP contribution in [0, 0.1) is 0 Å². The van der Waals surface area contributed by atoms with Crippen LogP contribution >= 0.6 is 0 Å². The molecule has 2 atom stereocenters. The van der Waals surface area contributed by atoms with E-state index in [-0.39, 0.29) is 24.5 Å². The van der Waals surface area contributed by atoms with Crippen LogP contribution in [0.5, 0.6) is 5.75 Å². The minimum atomic E-state index is 0.0456. The Bertz CT molecular complexity index is 705. The van der Waals surface area contributed by atoms with Gasteiger partial charge in [-0.25, -0.2) is 0 Å². The van der Waals surface area contributed by atoms with Crippen molar-refractivity contribution in [2.75, 3.05) is 7.11 Å². The first-order chi connectivity index (χ1) is 11.6. The van der Waals surface area contributed by atoms with E-state index in [2.05, 4.69) is 29.3 Å². The van der Waals surface area contributed by atoms with E-state index in [0.717, 1.165) is 24.2 Å². The summed E-state index contributed by atoms with van der Waals surface area (Å²) in [6.45, 7) is 4.32. The molecular formula is C17H23N5O2. The van der Waals surface area contributed by atoms with E-state index in [4.69, 9.17) is 4.74 Å². The molecular weight excluding hydrogens is 306 g/mol. The van der Waals surface area contributed by atoms with Crippen molar-refractivity contribution in [3.8, 4) is 17.1 Å². The molecule has 0 aliphatic carbocycles. The van der Waals surface area contributed by atoms with E-state index in [0.29, 0.717) is 5.82 Å². The molecule has 7 heteroatoms. The van der Waals surface area contributed by atoms with Crippen LogP contribution in [-0.4, -0.2) is 50.2 Å². The number of piperidine rings is 1. The molecule has 0 unspecified atom stereocenters. The largest absolute Gasteiger partial charge is 0.497 e. The highest BCUT2D eigenvalue weighted by Gasteiger charge is 2.29. The van der Waals surface area contributed by atoms with E-state index in [1.165, 1.54) is 11.2 Å². The monoisotopic (exact) mass is 329 g/mol. The lowest BCUT2D eigenvalue weighted by molar-refractivity contribution is -0.138. The second-order valence-corrected chi connectivity index (χ2v) is 6.31. The summed E-state index contributed by atoms with van der Waals surface area (Å²) in [5.74, 6) is 1.27. The molecule has 2 heterocycles. The Balaban J connectivity index is 1.72. The van der Waals surface area contributed by atoms with E-state index in [1.54, 1.807) is 7.11 Å². The summed E-state index contributed by atoms with van der Waals surface area (Å²) in [7, 11) is 1.61. The maximum Gasteiger partial charge on any atom is 0.246 e. The van der Waals surface area contributed by atoms with Gasteiger partial charge in [-0.2, -0.15) is 4.80 Å². The van der Waals surface area contributed by atoms with Gasteiger partial charge in [-0.1, -0.05) is 12.1 Å². The molecule has 0 bridgehead atoms. The van der Waals surface area contributed by atoms with Crippen LogP contribution in [-0.2, 0) is 11.3 Å². The van der Waals surface area contributed by atoms with E-state index < -0.39 is 0 Å². The van der Waals surface area contributed by atoms with Crippen LogP contribution in [0.4, 0.5) is 0 Å². The third kappa shape index (κ3) is 3.39. The maximum atomic E-state index is 12.6. The van der Waals surface area contributed by atoms with Gasteiger partial charge in [0.15, 0.2) is 0 Å². The number of hydrogen-bond acceptors (Lipinski definition) is 5. The summed E-state index contributed by atoms with van der Waals surface area (Å²) < 4.78 is 5.21. The van der Waals surface area contributed by atoms with Crippen LogP contribution < -0.4 is 4.74 Å². The van der Waals surface area contributed by atoms with Gasteiger partial charge in [0.25, 0.3) is 0 Å². The summed E-state index contributed by atoms with van der Waals surface area (Å²) in [5, 5.41) is 12.4. The zero-order valence-electron chi connectivity index (χ0n) is 14.3. The maximum absolute atomic E-state index is 12.6. The summed E-state index contributed by atoms with van der Waals surface area (Å²) in [6.07, 6.45) is 3.28. The highest BCUT2D eigenvalue weighted by atomic mass is 16.5. The number of rotatable bonds is 4. The lowest BCUT2D eigenvalue weighted by Crippen LogP contribution is -2.48. The zero-order valence-corrected chi connectivity index (χ0v) is 14.3. The molecule has 1 aromatic heterocycles. The van der Waals surface area contributed by atoms with E-state index >= 15 is 0 Å². The molecule has 7 nitrogen and oxygen atoms in total. The van der Waals surface area contributed by atoms with Crippen molar-refractivity contribution >= 4 is 5.91 Å². The number of methoxy groups -OCH3 is 1. The Hall–Kier alpha value is -2.44. The zero-order chi connectivity index (χ0) is 17.1. The summed E-state index contributed by atoms with van der Waals surface area (Å²) in [6, 6.07) is 8.00. The number of carbonyl (C=O) groups is 1. The minimum absolute atomic E-state index is 0.0456. The van der Waals surface area contributed by atoms with Crippen molar-refractivity contribution in [1.29, 1.82) is 0 Å². The van der Waals surface area contributed by atoms with Gasteiger partial charge in [-0.05, 0) is 50.5 Å². The number of nitrogens with zero attached hydrogens (tertiary/aromatic N) is 5. The number of ether oxygens (including phenoxy) is 1. The van der Waals surface area contributed by atoms with Crippen molar-refractivity contribution in [2.24, 2.45) is 0 Å². The Morgan fingerprint density at radius 1 is 1.29 bits per heavy atom. The quantitative estimate of drug-likeness (QED) is 0.859. The Morgan fingerprint density at radius 3 is 2.75 bits per heavy atom. The van der Waals surface area contributed by atoms with Crippen molar-refractivity contribution < 1.29 is 9.53 Å². The number of hydrogen-bond donors (Lipinski definition) is 0. The molecule has 1 fully saturated rings. The van der Waals surface area contributed by atoms with Crippen molar-refractivity contribution in [1.82, 2.24) is 25.1 Å². The van der Waals surface area contributed by atoms with Crippen LogP contribution in [0.1, 0.15) is 33.1 Å². The Labute approximate surface area is 141 Å². The SMILES string of the molecule is COc1cccc(-c2nnn(CC(=O)N3[C@H](C)CCC[C@H]3C)n2)c1. The van der Waals surface area contributed by atoms with Crippen LogP contribution in [0.15, 0.2) is 24.3 Å². The molecule has 1 aliphatic rings. The number of aromatic nitrogens is 4. The number of amides is 1. The molecule has 1 saturated heterocycles. The first-order valence-electron chi connectivity index (χ1n) is 8.32. The Kier molecular flexibility index (Phi) is 4.78. The predicted molar refractivity (Wildman–Crippen MR) is 89.4 cm³/mol. The van der Waals surface area contributed by atoms with Crippen molar-refractivity contribution in [3.63, 3.8) is 0 Å². The van der Waals surface area contributed by atoms with E-state index in [1.807, 2.05) is 29.2 Å². The molecule has 3 rings (SSSR count). The smallest absolute Gasteiger partial charge is 0.246 e. The van der Waals surface area contributed by atoms with Gasteiger partial charge in [0.1, 0.15) is 12.3 Å². The molecule has 1 aliphatic heterocycles. The van der Waals surface area contributed by atoms with Gasteiger partial charge < -0.3 is 9.64 Å². The standard InChI is InChI=1S/C17H23N5O2/c1-12-6-4-7-13(2)22(12)16(23)11-21-19-17(18-20-21)14-8-5-9-15(10-14)24-3/h5,8-10,12-13H,4,6-7,11H2,1-3H3/t12-,13-/m1/s1. The highest BCUT2D eigenvalue weighted by Crippen LogP contribution is 2.23. The molecule has 128 valence electrons. The van der Waals surface area contributed by atoms with Crippen molar-refractivity contribution in [3.05, 3.63) is 24.3 Å². The van der Waals surface area contributed by atoms with Crippen LogP contribution in [0.3, 0.4) is 0 Å². The molecule has 0 N–H and O–H groups in total. The lowest BCUT2D eigenvalue weighted by Gasteiger charge is -2.38. The first-order valence-corrected chi connectivity index (χ1v) is 8.32. The van der Waals surface area contributed by atoms with Gasteiger partial charge in [0.05, 0.1) is 7.11 Å². The second kappa shape index (κ2) is 6.98. The number of benzene rings is 1. The predicted octanol–water partition coefficient (Wildman–Crippen LogP) is 2.14. The Morgan fingerprint density at radius 2 is 2.04 bits per heavy atom. The van der Waals surface area contributed by atoms with Gasteiger partial charge in [-0.3, -0.25) is 4.79 Å². The van der Waals surface area contributed by atoms with Gasteiger partial charge >= 0.3 is 0 Å². The highest BCUT2D eigenvalue weighted by molar-refractivity contribution is 5.76. The molecule has 0 saturated carbocycles. The molecule has 24 heavy (non-hydrogen) atoms. The average molecular weight is 329 g/mol. The fraction of sp³-hybridized carbons (Fsp3) is 0.529. The van der Waals surface area contributed by atoms with Gasteiger partial charge in [-0.15, -0.1) is 10.2 Å². The topological polar surface area (TPSA) is 73.1 Å². The van der Waals surface area contributed by atoms with E-state index in [9.17, 15) is 4.79 Å². The third-order valence-electron chi connectivity index (χ3n) is 4.54. The number of carbonyl (C=O) groups excluding carboxylic acids is 1. The molecule has 2 aromatic rings. The van der Waals surface area contributed by atoms with Crippen LogP contribution in [0.25, 0.3) is 11.4 Å². The molecule has 1 amide bonds.